The Labute approximate surface area is 143 Å². The number of benzene rings is 3. The lowest BCUT2D eigenvalue weighted by atomic mass is 10.2. The molecule has 3 aromatic carbocycles. The standard InChI is InChI=1S/C19H15N5O/c20-15-11-14(25)9-10-16(15)24-23-13-7-5-12(6-8-13)19-21-17-3-1-2-4-18(17)22-19/h1-11,25H,20H2,(H,21,22). The number of H-pyrrole nitrogens is 1. The SMILES string of the molecule is Nc1cc(O)ccc1N=Nc1ccc(-c2nc3ccccc3[nH]2)cc1. The van der Waals surface area contributed by atoms with Crippen molar-refractivity contribution in [1.82, 2.24) is 9.97 Å². The van der Waals surface area contributed by atoms with Crippen LogP contribution in [-0.4, -0.2) is 15.1 Å². The predicted molar refractivity (Wildman–Crippen MR) is 98.2 cm³/mol. The van der Waals surface area contributed by atoms with E-state index in [9.17, 15) is 5.11 Å². The molecule has 0 aliphatic heterocycles. The number of nitrogens with zero attached hydrogens (tertiary/aromatic N) is 3. The fourth-order valence-corrected chi connectivity index (χ4v) is 2.52. The molecule has 0 radical (unpaired) electrons. The van der Waals surface area contributed by atoms with Crippen molar-refractivity contribution in [3.8, 4) is 17.1 Å². The van der Waals surface area contributed by atoms with Gasteiger partial charge in [0.15, 0.2) is 0 Å². The molecular weight excluding hydrogens is 314 g/mol. The van der Waals surface area contributed by atoms with Crippen molar-refractivity contribution in [3.05, 3.63) is 66.7 Å². The number of azo groups is 1. The summed E-state index contributed by atoms with van der Waals surface area (Å²) in [4.78, 5) is 7.87. The molecule has 0 aliphatic carbocycles. The van der Waals surface area contributed by atoms with E-state index in [1.165, 1.54) is 12.1 Å². The van der Waals surface area contributed by atoms with Crippen molar-refractivity contribution in [2.24, 2.45) is 10.2 Å². The van der Waals surface area contributed by atoms with Gasteiger partial charge in [0.2, 0.25) is 0 Å². The molecule has 0 saturated carbocycles. The zero-order valence-electron chi connectivity index (χ0n) is 13.2. The highest BCUT2D eigenvalue weighted by atomic mass is 16.3. The zero-order valence-corrected chi connectivity index (χ0v) is 13.2. The van der Waals surface area contributed by atoms with E-state index in [0.29, 0.717) is 17.1 Å². The Morgan fingerprint density at radius 3 is 2.48 bits per heavy atom. The van der Waals surface area contributed by atoms with Crippen molar-refractivity contribution < 1.29 is 5.11 Å². The molecule has 122 valence electrons. The van der Waals surface area contributed by atoms with Crippen LogP contribution in [0.25, 0.3) is 22.4 Å². The Bertz CT molecular complexity index is 1030. The molecule has 1 aromatic heterocycles. The number of nitrogen functional groups attached to an aromatic ring is 1. The molecule has 0 saturated heterocycles. The Balaban J connectivity index is 1.58. The van der Waals surface area contributed by atoms with Crippen LogP contribution in [0.5, 0.6) is 5.75 Å². The van der Waals surface area contributed by atoms with E-state index < -0.39 is 0 Å². The van der Waals surface area contributed by atoms with E-state index in [2.05, 4.69) is 20.2 Å². The number of nitrogens with one attached hydrogen (secondary N) is 1. The van der Waals surface area contributed by atoms with E-state index in [0.717, 1.165) is 22.4 Å². The smallest absolute Gasteiger partial charge is 0.138 e. The van der Waals surface area contributed by atoms with Gasteiger partial charge in [-0.2, -0.15) is 5.11 Å². The second kappa shape index (κ2) is 6.09. The summed E-state index contributed by atoms with van der Waals surface area (Å²) >= 11 is 0. The molecule has 0 unspecified atom stereocenters. The van der Waals surface area contributed by atoms with Crippen LogP contribution in [0.3, 0.4) is 0 Å². The molecule has 0 aliphatic rings. The maximum Gasteiger partial charge on any atom is 0.138 e. The third-order valence-electron chi connectivity index (χ3n) is 3.81. The first-order valence-corrected chi connectivity index (χ1v) is 7.74. The van der Waals surface area contributed by atoms with E-state index in [1.807, 2.05) is 48.5 Å². The van der Waals surface area contributed by atoms with Crippen LogP contribution in [0, 0.1) is 0 Å². The van der Waals surface area contributed by atoms with Crippen molar-refractivity contribution in [3.63, 3.8) is 0 Å². The monoisotopic (exact) mass is 329 g/mol. The lowest BCUT2D eigenvalue weighted by molar-refractivity contribution is 0.475. The van der Waals surface area contributed by atoms with Crippen LogP contribution in [-0.2, 0) is 0 Å². The second-order valence-corrected chi connectivity index (χ2v) is 5.59. The molecule has 0 bridgehead atoms. The van der Waals surface area contributed by atoms with Crippen molar-refractivity contribution >= 4 is 28.1 Å². The Morgan fingerprint density at radius 1 is 0.920 bits per heavy atom. The van der Waals surface area contributed by atoms with E-state index in [1.54, 1.807) is 6.07 Å². The highest BCUT2D eigenvalue weighted by Crippen LogP contribution is 2.28. The number of phenols is 1. The lowest BCUT2D eigenvalue weighted by Gasteiger charge is -2.00. The second-order valence-electron chi connectivity index (χ2n) is 5.59. The van der Waals surface area contributed by atoms with Gasteiger partial charge in [-0.15, -0.1) is 5.11 Å². The Hall–Kier alpha value is -3.67. The van der Waals surface area contributed by atoms with Gasteiger partial charge in [-0.3, -0.25) is 0 Å². The van der Waals surface area contributed by atoms with Crippen LogP contribution in [0.15, 0.2) is 77.0 Å². The fraction of sp³-hybridized carbons (Fsp3) is 0. The summed E-state index contributed by atoms with van der Waals surface area (Å²) in [6, 6.07) is 20.1. The average Bonchev–Trinajstić information content (AvgIpc) is 3.05. The Morgan fingerprint density at radius 2 is 1.72 bits per heavy atom. The molecule has 4 N–H and O–H groups in total. The maximum atomic E-state index is 9.35. The van der Waals surface area contributed by atoms with Gasteiger partial charge < -0.3 is 15.8 Å². The third kappa shape index (κ3) is 3.05. The first-order chi connectivity index (χ1) is 12.2. The molecule has 0 amide bonds. The minimum absolute atomic E-state index is 0.103. The van der Waals surface area contributed by atoms with Crippen LogP contribution in [0.2, 0.25) is 0 Å². The number of phenolic OH excluding ortho intramolecular Hbond substituents is 1. The van der Waals surface area contributed by atoms with Crippen LogP contribution in [0.4, 0.5) is 17.1 Å². The largest absolute Gasteiger partial charge is 0.508 e. The summed E-state index contributed by atoms with van der Waals surface area (Å²) in [5.41, 5.74) is 10.3. The normalized spacial score (nSPS) is 11.4. The zero-order chi connectivity index (χ0) is 17.2. The molecule has 0 fully saturated rings. The first kappa shape index (κ1) is 14.9. The van der Waals surface area contributed by atoms with Crippen molar-refractivity contribution in [1.29, 1.82) is 0 Å². The molecule has 0 spiro atoms. The van der Waals surface area contributed by atoms with Crippen molar-refractivity contribution in [2.75, 3.05) is 5.73 Å². The average molecular weight is 329 g/mol. The number of aromatic amines is 1. The molecule has 4 rings (SSSR count). The predicted octanol–water partition coefficient (Wildman–Crippen LogP) is 4.93. The quantitative estimate of drug-likeness (QED) is 0.367. The number of imidazole rings is 1. The third-order valence-corrected chi connectivity index (χ3v) is 3.81. The summed E-state index contributed by atoms with van der Waals surface area (Å²) in [5.74, 6) is 0.916. The number of hydrogen-bond donors (Lipinski definition) is 3. The van der Waals surface area contributed by atoms with Gasteiger partial charge in [-0.1, -0.05) is 12.1 Å². The molecule has 4 aromatic rings. The van der Waals surface area contributed by atoms with Crippen molar-refractivity contribution in [2.45, 2.75) is 0 Å². The van der Waals surface area contributed by atoms with E-state index in [-0.39, 0.29) is 5.75 Å². The van der Waals surface area contributed by atoms with Crippen LogP contribution in [0.1, 0.15) is 0 Å². The fourth-order valence-electron chi connectivity index (χ4n) is 2.52. The van der Waals surface area contributed by atoms with Gasteiger partial charge >= 0.3 is 0 Å². The van der Waals surface area contributed by atoms with Gasteiger partial charge in [0, 0.05) is 11.6 Å². The molecular formula is C19H15N5O. The van der Waals surface area contributed by atoms with Gasteiger partial charge in [-0.25, -0.2) is 4.98 Å². The lowest BCUT2D eigenvalue weighted by Crippen LogP contribution is -1.83. The Kier molecular flexibility index (Phi) is 3.63. The summed E-state index contributed by atoms with van der Waals surface area (Å²) in [6.45, 7) is 0. The number of nitrogens with two attached hydrogens (primary N) is 1. The van der Waals surface area contributed by atoms with E-state index >= 15 is 0 Å². The highest BCUT2D eigenvalue weighted by molar-refractivity contribution is 5.79. The van der Waals surface area contributed by atoms with Gasteiger partial charge in [0.25, 0.3) is 0 Å². The van der Waals surface area contributed by atoms with Crippen LogP contribution >= 0.6 is 0 Å². The summed E-state index contributed by atoms with van der Waals surface area (Å²) in [5, 5.41) is 17.6. The molecule has 6 nitrogen and oxygen atoms in total. The number of anilines is 1. The summed E-state index contributed by atoms with van der Waals surface area (Å²) in [6.07, 6.45) is 0. The minimum Gasteiger partial charge on any atom is -0.508 e. The number of rotatable bonds is 3. The first-order valence-electron chi connectivity index (χ1n) is 7.74. The number of aromatic nitrogens is 2. The van der Waals surface area contributed by atoms with E-state index in [4.69, 9.17) is 5.73 Å². The number of fused-ring (bicyclic) bond motifs is 1. The highest BCUT2D eigenvalue weighted by Gasteiger charge is 2.05. The molecule has 1 heterocycles. The van der Waals surface area contributed by atoms with Gasteiger partial charge in [-0.05, 0) is 48.5 Å². The topological polar surface area (TPSA) is 99.7 Å². The molecule has 25 heavy (non-hydrogen) atoms. The molecule has 6 heteroatoms. The summed E-state index contributed by atoms with van der Waals surface area (Å²) in [7, 11) is 0. The molecule has 0 atom stereocenters. The summed E-state index contributed by atoms with van der Waals surface area (Å²) < 4.78 is 0. The maximum absolute atomic E-state index is 9.35. The number of aromatic hydroxyl groups is 1. The number of hydrogen-bond acceptors (Lipinski definition) is 5. The van der Waals surface area contributed by atoms with Gasteiger partial charge in [0.1, 0.15) is 17.3 Å². The van der Waals surface area contributed by atoms with Gasteiger partial charge in [0.05, 0.1) is 22.4 Å². The number of para-hydroxylation sites is 2. The minimum atomic E-state index is 0.103. The van der Waals surface area contributed by atoms with Crippen LogP contribution < -0.4 is 5.73 Å².